The molecule has 1 N–H and O–H groups in total. The van der Waals surface area contributed by atoms with Crippen molar-refractivity contribution < 1.29 is 4.79 Å². The van der Waals surface area contributed by atoms with Gasteiger partial charge in [-0.25, -0.2) is 0 Å². The Morgan fingerprint density at radius 3 is 2.74 bits per heavy atom. The highest BCUT2D eigenvalue weighted by Crippen LogP contribution is 2.28. The number of aromatic nitrogens is 2. The first-order valence-corrected chi connectivity index (χ1v) is 7.55. The molecule has 4 heteroatoms. The predicted molar refractivity (Wildman–Crippen MR) is 75.7 cm³/mol. The van der Waals surface area contributed by atoms with Gasteiger partial charge in [-0.3, -0.25) is 9.48 Å². The van der Waals surface area contributed by atoms with Crippen LogP contribution in [0, 0.1) is 5.92 Å². The highest BCUT2D eigenvalue weighted by Gasteiger charge is 2.29. The Kier molecular flexibility index (Phi) is 5.00. The highest BCUT2D eigenvalue weighted by molar-refractivity contribution is 5.78. The monoisotopic (exact) mass is 263 g/mol. The largest absolute Gasteiger partial charge is 0.351 e. The van der Waals surface area contributed by atoms with Crippen molar-refractivity contribution in [3.63, 3.8) is 0 Å². The van der Waals surface area contributed by atoms with Gasteiger partial charge < -0.3 is 5.32 Å². The molecule has 1 aromatic heterocycles. The van der Waals surface area contributed by atoms with Gasteiger partial charge in [-0.2, -0.15) is 5.10 Å². The fraction of sp³-hybridized carbons (Fsp3) is 0.733. The van der Waals surface area contributed by atoms with Crippen LogP contribution in [0.1, 0.15) is 58.4 Å². The third-order valence-electron chi connectivity index (χ3n) is 4.28. The molecule has 1 amide bonds. The zero-order valence-corrected chi connectivity index (χ0v) is 12.0. The first-order valence-electron chi connectivity index (χ1n) is 7.55. The molecule has 106 valence electrons. The minimum atomic E-state index is 0.153. The average molecular weight is 263 g/mol. The van der Waals surface area contributed by atoms with Gasteiger partial charge in [0.25, 0.3) is 0 Å². The molecule has 0 aliphatic heterocycles. The summed E-state index contributed by atoms with van der Waals surface area (Å²) in [7, 11) is 0. The Morgan fingerprint density at radius 2 is 2.11 bits per heavy atom. The molecular weight excluding hydrogens is 238 g/mol. The Morgan fingerprint density at radius 1 is 1.37 bits per heavy atom. The minimum Gasteiger partial charge on any atom is -0.351 e. The SMILES string of the molecule is CCC(CC)C(=O)N[C@H]1CCCC[C@@H]1n1cccn1. The second-order valence-corrected chi connectivity index (χ2v) is 5.47. The van der Waals surface area contributed by atoms with Crippen LogP contribution in [0.25, 0.3) is 0 Å². The van der Waals surface area contributed by atoms with Gasteiger partial charge in [-0.15, -0.1) is 0 Å². The van der Waals surface area contributed by atoms with Crippen LogP contribution >= 0.6 is 0 Å². The predicted octanol–water partition coefficient (Wildman–Crippen LogP) is 2.92. The molecule has 1 saturated carbocycles. The molecule has 1 aliphatic rings. The molecule has 0 radical (unpaired) electrons. The Balaban J connectivity index is 2.02. The zero-order valence-electron chi connectivity index (χ0n) is 12.0. The number of carbonyl (C=O) groups excluding carboxylic acids is 1. The second-order valence-electron chi connectivity index (χ2n) is 5.47. The minimum absolute atomic E-state index is 0.153. The number of nitrogens with zero attached hydrogens (tertiary/aromatic N) is 2. The molecule has 1 aromatic rings. The van der Waals surface area contributed by atoms with E-state index in [-0.39, 0.29) is 17.9 Å². The van der Waals surface area contributed by atoms with Crippen molar-refractivity contribution in [2.45, 2.75) is 64.5 Å². The van der Waals surface area contributed by atoms with Crippen molar-refractivity contribution in [3.8, 4) is 0 Å². The van der Waals surface area contributed by atoms with Crippen molar-refractivity contribution in [1.29, 1.82) is 0 Å². The van der Waals surface area contributed by atoms with Gasteiger partial charge in [-0.1, -0.05) is 26.7 Å². The standard InChI is InChI=1S/C15H25N3O/c1-3-12(4-2)15(19)17-13-8-5-6-9-14(13)18-11-7-10-16-18/h7,10-14H,3-6,8-9H2,1-2H3,(H,17,19)/t13-,14-/m0/s1. The summed E-state index contributed by atoms with van der Waals surface area (Å²) in [4.78, 5) is 12.2. The molecule has 0 bridgehead atoms. The fourth-order valence-corrected chi connectivity index (χ4v) is 3.03. The van der Waals surface area contributed by atoms with Crippen molar-refractivity contribution >= 4 is 5.91 Å². The molecule has 0 aromatic carbocycles. The van der Waals surface area contributed by atoms with Gasteiger partial charge in [0.1, 0.15) is 0 Å². The van der Waals surface area contributed by atoms with Gasteiger partial charge >= 0.3 is 0 Å². The number of hydrogen-bond donors (Lipinski definition) is 1. The lowest BCUT2D eigenvalue weighted by atomic mass is 9.89. The van der Waals surface area contributed by atoms with E-state index in [9.17, 15) is 4.79 Å². The van der Waals surface area contributed by atoms with Crippen molar-refractivity contribution in [3.05, 3.63) is 18.5 Å². The van der Waals surface area contributed by atoms with Crippen LogP contribution in [0.5, 0.6) is 0 Å². The Labute approximate surface area is 115 Å². The first-order chi connectivity index (χ1) is 9.26. The van der Waals surface area contributed by atoms with Crippen LogP contribution in [0.15, 0.2) is 18.5 Å². The van der Waals surface area contributed by atoms with Crippen LogP contribution in [0.4, 0.5) is 0 Å². The van der Waals surface area contributed by atoms with E-state index in [1.807, 2.05) is 23.1 Å². The lowest BCUT2D eigenvalue weighted by molar-refractivity contribution is -0.126. The molecule has 0 spiro atoms. The van der Waals surface area contributed by atoms with E-state index in [0.717, 1.165) is 25.7 Å². The molecule has 0 saturated heterocycles. The summed E-state index contributed by atoms with van der Waals surface area (Å²) in [5.41, 5.74) is 0. The quantitative estimate of drug-likeness (QED) is 0.888. The van der Waals surface area contributed by atoms with Crippen LogP contribution in [-0.2, 0) is 4.79 Å². The van der Waals surface area contributed by atoms with Crippen LogP contribution in [0.2, 0.25) is 0 Å². The van der Waals surface area contributed by atoms with Gasteiger partial charge in [0.2, 0.25) is 5.91 Å². The summed E-state index contributed by atoms with van der Waals surface area (Å²) >= 11 is 0. The van der Waals surface area contributed by atoms with Crippen molar-refractivity contribution in [2.24, 2.45) is 5.92 Å². The van der Waals surface area contributed by atoms with E-state index in [4.69, 9.17) is 0 Å². The van der Waals surface area contributed by atoms with Crippen molar-refractivity contribution in [2.75, 3.05) is 0 Å². The topological polar surface area (TPSA) is 46.9 Å². The van der Waals surface area contributed by atoms with E-state index in [0.29, 0.717) is 6.04 Å². The number of amides is 1. The van der Waals surface area contributed by atoms with E-state index in [1.165, 1.54) is 12.8 Å². The summed E-state index contributed by atoms with van der Waals surface area (Å²) in [5, 5.41) is 7.61. The van der Waals surface area contributed by atoms with Crippen LogP contribution < -0.4 is 5.32 Å². The van der Waals surface area contributed by atoms with E-state index < -0.39 is 0 Å². The number of hydrogen-bond acceptors (Lipinski definition) is 2. The summed E-state index contributed by atoms with van der Waals surface area (Å²) < 4.78 is 2.01. The smallest absolute Gasteiger partial charge is 0.223 e. The third-order valence-corrected chi connectivity index (χ3v) is 4.28. The highest BCUT2D eigenvalue weighted by atomic mass is 16.1. The molecule has 4 nitrogen and oxygen atoms in total. The van der Waals surface area contributed by atoms with Crippen LogP contribution in [-0.4, -0.2) is 21.7 Å². The second kappa shape index (κ2) is 6.73. The Hall–Kier alpha value is -1.32. The first kappa shape index (κ1) is 14.1. The molecule has 2 atom stereocenters. The van der Waals surface area contributed by atoms with Gasteiger partial charge in [0, 0.05) is 18.3 Å². The molecule has 2 rings (SSSR count). The maximum atomic E-state index is 12.2. The number of carbonyl (C=O) groups is 1. The number of nitrogens with one attached hydrogen (secondary N) is 1. The normalized spacial score (nSPS) is 23.5. The van der Waals surface area contributed by atoms with Gasteiger partial charge in [0.15, 0.2) is 0 Å². The summed E-state index contributed by atoms with van der Waals surface area (Å²) in [6, 6.07) is 2.51. The maximum absolute atomic E-state index is 12.2. The van der Waals surface area contributed by atoms with Gasteiger partial charge in [0.05, 0.1) is 12.1 Å². The molecule has 1 fully saturated rings. The summed E-state index contributed by atoms with van der Waals surface area (Å²) in [6.07, 6.45) is 10.3. The van der Waals surface area contributed by atoms with Crippen molar-refractivity contribution in [1.82, 2.24) is 15.1 Å². The maximum Gasteiger partial charge on any atom is 0.223 e. The average Bonchev–Trinajstić information content (AvgIpc) is 2.94. The van der Waals surface area contributed by atoms with E-state index >= 15 is 0 Å². The molecule has 1 aliphatic carbocycles. The Bertz CT molecular complexity index is 384. The van der Waals surface area contributed by atoms with E-state index in [1.54, 1.807) is 0 Å². The molecule has 0 unspecified atom stereocenters. The summed E-state index contributed by atoms with van der Waals surface area (Å²) in [5.74, 6) is 0.370. The van der Waals surface area contributed by atoms with Gasteiger partial charge in [-0.05, 0) is 31.7 Å². The molecule has 19 heavy (non-hydrogen) atoms. The third kappa shape index (κ3) is 3.37. The fourth-order valence-electron chi connectivity index (χ4n) is 3.03. The number of rotatable bonds is 5. The molecular formula is C15H25N3O. The lowest BCUT2D eigenvalue weighted by Crippen LogP contribution is -2.45. The van der Waals surface area contributed by atoms with Crippen LogP contribution in [0.3, 0.4) is 0 Å². The summed E-state index contributed by atoms with van der Waals surface area (Å²) in [6.45, 7) is 4.17. The molecule has 1 heterocycles. The van der Waals surface area contributed by atoms with E-state index in [2.05, 4.69) is 24.3 Å². The zero-order chi connectivity index (χ0) is 13.7. The lowest BCUT2D eigenvalue weighted by Gasteiger charge is -2.33.